The maximum Gasteiger partial charge on any atom is 0.195 e. The molecule has 6 rings (SSSR count). The van der Waals surface area contributed by atoms with E-state index in [9.17, 15) is 4.79 Å². The third-order valence-electron chi connectivity index (χ3n) is 6.73. The molecule has 6 heteroatoms. The highest BCUT2D eigenvalue weighted by Crippen LogP contribution is 2.42. The molecule has 0 bridgehead atoms. The van der Waals surface area contributed by atoms with Crippen molar-refractivity contribution in [3.63, 3.8) is 0 Å². The maximum atomic E-state index is 14.0. The zero-order chi connectivity index (χ0) is 24.6. The van der Waals surface area contributed by atoms with Crippen LogP contribution in [0.4, 0.5) is 0 Å². The van der Waals surface area contributed by atoms with E-state index in [0.717, 1.165) is 52.2 Å². The number of furan rings is 1. The van der Waals surface area contributed by atoms with Crippen LogP contribution in [0.15, 0.2) is 83.5 Å². The van der Waals surface area contributed by atoms with Crippen LogP contribution in [0.2, 0.25) is 0 Å². The Morgan fingerprint density at radius 3 is 2.56 bits per heavy atom. The van der Waals surface area contributed by atoms with Gasteiger partial charge in [0.2, 0.25) is 0 Å². The van der Waals surface area contributed by atoms with Crippen molar-refractivity contribution in [2.24, 2.45) is 0 Å². The van der Waals surface area contributed by atoms with E-state index in [1.165, 1.54) is 5.56 Å². The highest BCUT2D eigenvalue weighted by molar-refractivity contribution is 6.21. The number of fused-ring (bicyclic) bond motifs is 5. The Balaban J connectivity index is 1.54. The third-order valence-corrected chi connectivity index (χ3v) is 6.73. The number of carbonyl (C=O) groups excluding carboxylic acids is 1. The summed E-state index contributed by atoms with van der Waals surface area (Å²) in [4.78, 5) is 14.0. The number of ether oxygens (including phenoxy) is 3. The highest BCUT2D eigenvalue weighted by atomic mass is 16.7. The zero-order valence-corrected chi connectivity index (χ0v) is 20.1. The first kappa shape index (κ1) is 22.2. The summed E-state index contributed by atoms with van der Waals surface area (Å²) < 4.78 is 23.8. The van der Waals surface area contributed by atoms with Gasteiger partial charge in [-0.2, -0.15) is 0 Å². The van der Waals surface area contributed by atoms with Gasteiger partial charge < -0.3 is 23.2 Å². The molecule has 36 heavy (non-hydrogen) atoms. The Kier molecular flexibility index (Phi) is 5.58. The fourth-order valence-corrected chi connectivity index (χ4v) is 5.03. The van der Waals surface area contributed by atoms with Crippen molar-refractivity contribution in [1.82, 2.24) is 4.57 Å². The second kappa shape index (κ2) is 9.06. The molecule has 0 saturated carbocycles. The largest absolute Gasteiger partial charge is 0.497 e. The number of carbonyl (C=O) groups is 1. The van der Waals surface area contributed by atoms with Crippen LogP contribution in [0.1, 0.15) is 21.5 Å². The molecule has 6 nitrogen and oxygen atoms in total. The van der Waals surface area contributed by atoms with Crippen LogP contribution in [-0.2, 0) is 17.7 Å². The molecule has 0 fully saturated rings. The second-order valence-corrected chi connectivity index (χ2v) is 8.76. The third kappa shape index (κ3) is 3.67. The van der Waals surface area contributed by atoms with Crippen molar-refractivity contribution in [2.75, 3.05) is 21.0 Å². The number of aromatic nitrogens is 1. The Labute approximate surface area is 208 Å². The van der Waals surface area contributed by atoms with E-state index >= 15 is 0 Å². The summed E-state index contributed by atoms with van der Waals surface area (Å²) in [6.45, 7) is 0.924. The lowest BCUT2D eigenvalue weighted by molar-refractivity contribution is 0.0511. The van der Waals surface area contributed by atoms with Gasteiger partial charge >= 0.3 is 0 Å². The van der Waals surface area contributed by atoms with Gasteiger partial charge in [-0.3, -0.25) is 4.79 Å². The van der Waals surface area contributed by atoms with Crippen LogP contribution in [-0.4, -0.2) is 31.4 Å². The van der Waals surface area contributed by atoms with Gasteiger partial charge in [-0.05, 0) is 72.6 Å². The molecule has 0 N–H and O–H groups in total. The van der Waals surface area contributed by atoms with E-state index in [4.69, 9.17) is 18.6 Å². The molecule has 0 spiro atoms. The minimum atomic E-state index is -0.0264. The molecule has 5 aromatic rings. The molecule has 0 unspecified atom stereocenters. The fourth-order valence-electron chi connectivity index (χ4n) is 5.03. The van der Waals surface area contributed by atoms with E-state index in [2.05, 4.69) is 22.8 Å². The van der Waals surface area contributed by atoms with Gasteiger partial charge in [0, 0.05) is 41.2 Å². The summed E-state index contributed by atoms with van der Waals surface area (Å²) in [5.41, 5.74) is 6.47. The Morgan fingerprint density at radius 2 is 1.81 bits per heavy atom. The summed E-state index contributed by atoms with van der Waals surface area (Å²) in [5.74, 6) is 2.24. The van der Waals surface area contributed by atoms with E-state index < -0.39 is 0 Å². The summed E-state index contributed by atoms with van der Waals surface area (Å²) in [7, 11) is 3.25. The van der Waals surface area contributed by atoms with Crippen LogP contribution >= 0.6 is 0 Å². The summed E-state index contributed by atoms with van der Waals surface area (Å²) >= 11 is 0. The molecule has 0 saturated heterocycles. The zero-order valence-electron chi connectivity index (χ0n) is 20.1. The molecular formula is C30H25NO5. The van der Waals surface area contributed by atoms with Crippen molar-refractivity contribution < 1.29 is 23.4 Å². The molecule has 1 aliphatic rings. The highest BCUT2D eigenvalue weighted by Gasteiger charge is 2.29. The summed E-state index contributed by atoms with van der Waals surface area (Å²) in [6, 6.07) is 23.3. The molecule has 3 aromatic carbocycles. The minimum Gasteiger partial charge on any atom is -0.497 e. The lowest BCUT2D eigenvalue weighted by Gasteiger charge is -2.22. The molecule has 0 aliphatic carbocycles. The molecule has 0 radical (unpaired) electrons. The molecule has 0 atom stereocenters. The van der Waals surface area contributed by atoms with Gasteiger partial charge in [0.15, 0.2) is 12.6 Å². The van der Waals surface area contributed by atoms with Crippen molar-refractivity contribution in [1.29, 1.82) is 0 Å². The molecule has 2 aromatic heterocycles. The lowest BCUT2D eigenvalue weighted by Crippen LogP contribution is -2.13. The van der Waals surface area contributed by atoms with Crippen molar-refractivity contribution in [2.45, 2.75) is 13.0 Å². The minimum absolute atomic E-state index is 0.0264. The van der Waals surface area contributed by atoms with Crippen LogP contribution in [0, 0.1) is 0 Å². The van der Waals surface area contributed by atoms with Gasteiger partial charge in [0.1, 0.15) is 17.3 Å². The monoisotopic (exact) mass is 479 g/mol. The van der Waals surface area contributed by atoms with Crippen LogP contribution in [0.3, 0.4) is 0 Å². The number of nitrogens with zero attached hydrogens (tertiary/aromatic N) is 1. The van der Waals surface area contributed by atoms with Crippen LogP contribution < -0.4 is 9.47 Å². The summed E-state index contributed by atoms with van der Waals surface area (Å²) in [6.07, 6.45) is 2.53. The number of methoxy groups -OCH3 is 2. The predicted molar refractivity (Wildman–Crippen MR) is 138 cm³/mol. The summed E-state index contributed by atoms with van der Waals surface area (Å²) in [5, 5.41) is 0.925. The fraction of sp³-hybridized carbons (Fsp3) is 0.167. The van der Waals surface area contributed by atoms with Gasteiger partial charge in [-0.25, -0.2) is 0 Å². The number of hydrogen-bond acceptors (Lipinski definition) is 5. The SMILES string of the molecule is COCOc1ccc(C(=O)c2c3n(c4cc(-c5ccco5)ccc24)CCc2cc(OC)ccc2-3)cc1. The van der Waals surface area contributed by atoms with Gasteiger partial charge in [-0.1, -0.05) is 12.1 Å². The molecular weight excluding hydrogens is 454 g/mol. The number of ketones is 1. The van der Waals surface area contributed by atoms with E-state index in [1.54, 1.807) is 44.7 Å². The first-order chi connectivity index (χ1) is 17.7. The smallest absolute Gasteiger partial charge is 0.195 e. The van der Waals surface area contributed by atoms with Crippen LogP contribution in [0.25, 0.3) is 33.5 Å². The first-order valence-corrected chi connectivity index (χ1v) is 11.8. The Bertz CT molecular complexity index is 1560. The topological polar surface area (TPSA) is 62.8 Å². The van der Waals surface area contributed by atoms with Crippen LogP contribution in [0.5, 0.6) is 11.5 Å². The first-order valence-electron chi connectivity index (χ1n) is 11.8. The molecule has 180 valence electrons. The quantitative estimate of drug-likeness (QED) is 0.201. The van der Waals surface area contributed by atoms with E-state index in [1.807, 2.05) is 30.3 Å². The maximum absolute atomic E-state index is 14.0. The normalized spacial score (nSPS) is 12.3. The Hall–Kier alpha value is -4.29. The van der Waals surface area contributed by atoms with E-state index in [0.29, 0.717) is 16.9 Å². The van der Waals surface area contributed by atoms with Gasteiger partial charge in [-0.15, -0.1) is 0 Å². The lowest BCUT2D eigenvalue weighted by atomic mass is 9.92. The van der Waals surface area contributed by atoms with Crippen molar-refractivity contribution in [3.05, 3.63) is 95.7 Å². The Morgan fingerprint density at radius 1 is 0.972 bits per heavy atom. The number of hydrogen-bond donors (Lipinski definition) is 0. The molecule has 0 amide bonds. The number of benzene rings is 3. The average Bonchev–Trinajstić information content (AvgIpc) is 3.58. The van der Waals surface area contributed by atoms with Crippen molar-refractivity contribution >= 4 is 16.7 Å². The predicted octanol–water partition coefficient (Wildman–Crippen LogP) is 6.35. The number of rotatable bonds is 7. The second-order valence-electron chi connectivity index (χ2n) is 8.76. The average molecular weight is 480 g/mol. The number of aryl methyl sites for hydroxylation is 2. The molecule has 1 aliphatic heterocycles. The molecule has 3 heterocycles. The van der Waals surface area contributed by atoms with Gasteiger partial charge in [0.05, 0.1) is 24.6 Å². The standard InChI is InChI=1S/C30H25NO5/c1-33-18-36-22-8-5-19(6-9-22)30(32)28-25-11-7-21(27-4-3-15-35-27)17-26(25)31-14-13-20-16-23(34-2)10-12-24(20)29(28)31/h3-12,15-17H,13-14,18H2,1-2H3. The van der Waals surface area contributed by atoms with Crippen molar-refractivity contribution in [3.8, 4) is 34.1 Å². The van der Waals surface area contributed by atoms with Gasteiger partial charge in [0.25, 0.3) is 0 Å². The van der Waals surface area contributed by atoms with E-state index in [-0.39, 0.29) is 12.6 Å².